The molecule has 10 atom stereocenters. The van der Waals surface area contributed by atoms with Crippen molar-refractivity contribution in [1.29, 1.82) is 0 Å². The van der Waals surface area contributed by atoms with Crippen molar-refractivity contribution in [3.8, 4) is 0 Å². The van der Waals surface area contributed by atoms with E-state index in [-0.39, 0.29) is 90.9 Å². The number of halogens is 4. The molecule has 0 aromatic heterocycles. The van der Waals surface area contributed by atoms with Crippen LogP contribution in [0.3, 0.4) is 0 Å². The number of ketones is 2. The first-order chi connectivity index (χ1) is 33.3. The first-order valence-electron chi connectivity index (χ1n) is 26.8. The smallest absolute Gasteiger partial charge is 0.306 e. The summed E-state index contributed by atoms with van der Waals surface area (Å²) in [6, 6.07) is 19.2. The van der Waals surface area contributed by atoms with Gasteiger partial charge in [-0.2, -0.15) is 8.78 Å². The first-order valence-corrected chi connectivity index (χ1v) is 26.8. The van der Waals surface area contributed by atoms with Crippen LogP contribution in [-0.4, -0.2) is 57.8 Å². The van der Waals surface area contributed by atoms with E-state index in [9.17, 15) is 47.0 Å². The second kappa shape index (κ2) is 31.7. The Morgan fingerprint density at radius 2 is 1.14 bits per heavy atom. The van der Waals surface area contributed by atoms with E-state index in [0.29, 0.717) is 58.0 Å². The van der Waals surface area contributed by atoms with Crippen molar-refractivity contribution >= 4 is 23.5 Å². The molecule has 0 aliphatic heterocycles. The van der Waals surface area contributed by atoms with Gasteiger partial charge in [-0.3, -0.25) is 19.2 Å². The van der Waals surface area contributed by atoms with Crippen molar-refractivity contribution < 1.29 is 56.4 Å². The zero-order valence-corrected chi connectivity index (χ0v) is 43.4. The number of unbranched alkanes of at least 4 members (excludes halogenated alkanes) is 6. The summed E-state index contributed by atoms with van der Waals surface area (Å²) in [5, 5.41) is 20.8. The molecule has 12 heteroatoms. The minimum Gasteiger partial charge on any atom is -0.461 e. The van der Waals surface area contributed by atoms with Gasteiger partial charge in [-0.25, -0.2) is 8.78 Å². The summed E-state index contributed by atoms with van der Waals surface area (Å²) in [4.78, 5) is 48.6. The van der Waals surface area contributed by atoms with Gasteiger partial charge in [0.05, 0.1) is 6.10 Å². The van der Waals surface area contributed by atoms with E-state index in [1.54, 1.807) is 13.8 Å². The van der Waals surface area contributed by atoms with Crippen LogP contribution in [0.2, 0.25) is 0 Å². The lowest BCUT2D eigenvalue weighted by atomic mass is 9.81. The molecule has 2 fully saturated rings. The van der Waals surface area contributed by atoms with Crippen LogP contribution in [-0.2, 0) is 41.9 Å². The number of rotatable bonds is 32. The molecule has 4 rings (SSSR count). The van der Waals surface area contributed by atoms with Crippen LogP contribution in [0, 0.1) is 47.3 Å². The summed E-state index contributed by atoms with van der Waals surface area (Å²) in [6.45, 7) is 11.9. The van der Waals surface area contributed by atoms with Crippen molar-refractivity contribution in [3.05, 3.63) is 71.8 Å². The van der Waals surface area contributed by atoms with Gasteiger partial charge < -0.3 is 19.7 Å². The summed E-state index contributed by atoms with van der Waals surface area (Å²) in [7, 11) is 0. The number of ether oxygens (including phenoxy) is 2. The van der Waals surface area contributed by atoms with E-state index in [0.717, 1.165) is 75.3 Å². The minimum atomic E-state index is -3.28. The van der Waals surface area contributed by atoms with Crippen molar-refractivity contribution in [2.45, 2.75) is 220 Å². The highest BCUT2D eigenvalue weighted by Crippen LogP contribution is 2.44. The van der Waals surface area contributed by atoms with Crippen molar-refractivity contribution in [3.63, 3.8) is 0 Å². The van der Waals surface area contributed by atoms with Crippen molar-refractivity contribution in [1.82, 2.24) is 0 Å². The summed E-state index contributed by atoms with van der Waals surface area (Å²) >= 11 is 0. The highest BCUT2D eigenvalue weighted by molar-refractivity contribution is 5.86. The monoisotopic (exact) mass is 989 g/mol. The van der Waals surface area contributed by atoms with E-state index in [4.69, 9.17) is 9.47 Å². The highest BCUT2D eigenvalue weighted by atomic mass is 19.3. The Hall–Kier alpha value is -3.64. The number of esters is 2. The fourth-order valence-corrected chi connectivity index (χ4v) is 10.6. The number of carbonyl (C=O) groups is 4. The fourth-order valence-electron chi connectivity index (χ4n) is 10.6. The quantitative estimate of drug-likeness (QED) is 0.0421. The molecule has 2 aliphatic carbocycles. The van der Waals surface area contributed by atoms with Gasteiger partial charge in [0.25, 0.3) is 5.92 Å². The number of hydrogen-bond acceptors (Lipinski definition) is 8. The standard InChI is InChI=1S/C29H46F2O4.C29H42F2O4/c2*1-4-21(2)19-29(30,31)27(33)17-16-24-22(3)18-26(32)25(24)14-10-5-6-11-15-28(34)35-20-23-12-8-7-9-13-23/h7-9,12-13,21-22,24-27,32-33H,4-6,10-11,14-20H2,1-3H3;7-9,12-13,21-22,24-25H,4-6,10-11,14-20H2,1-3H3/t21-,22+,24-,25+,26-,27?;21-,22+,24-,25+/m00/s1. The van der Waals surface area contributed by atoms with Crippen molar-refractivity contribution in [2.24, 2.45) is 47.3 Å². The fraction of sp³-hybridized carbons (Fsp3) is 0.724. The van der Waals surface area contributed by atoms with Gasteiger partial charge in [-0.15, -0.1) is 0 Å². The second-order valence-electron chi connectivity index (χ2n) is 21.2. The third-order valence-corrected chi connectivity index (χ3v) is 15.4. The Bertz CT molecular complexity index is 1790. The molecular formula is C58H88F4O8. The van der Waals surface area contributed by atoms with E-state index in [2.05, 4.69) is 6.92 Å². The van der Waals surface area contributed by atoms with E-state index < -0.39 is 36.3 Å². The van der Waals surface area contributed by atoms with Crippen LogP contribution in [0.4, 0.5) is 17.6 Å². The average molecular weight is 989 g/mol. The van der Waals surface area contributed by atoms with Gasteiger partial charge >= 0.3 is 17.9 Å². The molecule has 2 aromatic carbocycles. The predicted octanol–water partition coefficient (Wildman–Crippen LogP) is 14.2. The summed E-state index contributed by atoms with van der Waals surface area (Å²) in [5.74, 6) is -7.32. The summed E-state index contributed by atoms with van der Waals surface area (Å²) in [5.41, 5.74) is 1.94. The van der Waals surface area contributed by atoms with Gasteiger partial charge in [0, 0.05) is 44.4 Å². The van der Waals surface area contributed by atoms with Crippen LogP contribution in [0.15, 0.2) is 60.7 Å². The first kappa shape index (κ1) is 60.7. The maximum absolute atomic E-state index is 14.4. The Labute approximate surface area is 417 Å². The molecule has 2 saturated carbocycles. The third kappa shape index (κ3) is 22.0. The molecule has 1 unspecified atom stereocenters. The summed E-state index contributed by atoms with van der Waals surface area (Å²) in [6.07, 6.45) is 9.90. The number of carbonyl (C=O) groups excluding carboxylic acids is 4. The molecule has 70 heavy (non-hydrogen) atoms. The number of aliphatic hydroxyl groups excluding tert-OH is 2. The van der Waals surface area contributed by atoms with Crippen LogP contribution < -0.4 is 0 Å². The van der Waals surface area contributed by atoms with Gasteiger partial charge in [0.15, 0.2) is 0 Å². The maximum Gasteiger partial charge on any atom is 0.306 e. The SMILES string of the molecule is CC[C@H](C)CC(F)(F)C(=O)CC[C@H]1[C@H](C)CC(=O)[C@@H]1CCCCCCC(=O)OCc1ccccc1.CC[C@H](C)CC(F)(F)C(O)CC[C@@H]1[C@@H](CCCCCCC(=O)OCc2ccccc2)[C@@H](O)C[C@H]1C. The predicted molar refractivity (Wildman–Crippen MR) is 268 cm³/mol. The number of aliphatic hydroxyl groups is 2. The average Bonchev–Trinajstić information content (AvgIpc) is 3.76. The zero-order valence-electron chi connectivity index (χ0n) is 43.4. The molecule has 2 aromatic rings. The molecular weight excluding hydrogens is 901 g/mol. The molecule has 2 N–H and O–H groups in total. The number of alkyl halides is 4. The number of Topliss-reactive ketones (excluding diaryl/α,β-unsaturated/α-hetero) is 2. The van der Waals surface area contributed by atoms with Gasteiger partial charge in [0.1, 0.15) is 25.1 Å². The maximum atomic E-state index is 14.4. The largest absolute Gasteiger partial charge is 0.461 e. The lowest BCUT2D eigenvalue weighted by Crippen LogP contribution is -2.36. The van der Waals surface area contributed by atoms with E-state index >= 15 is 0 Å². The second-order valence-corrected chi connectivity index (χ2v) is 21.2. The lowest BCUT2D eigenvalue weighted by Gasteiger charge is -2.29. The zero-order chi connectivity index (χ0) is 51.7. The molecule has 0 bridgehead atoms. The molecule has 2 aliphatic rings. The minimum absolute atomic E-state index is 0.00110. The molecule has 0 amide bonds. The van der Waals surface area contributed by atoms with Gasteiger partial charge in [0.2, 0.25) is 5.78 Å². The number of benzene rings is 2. The topological polar surface area (TPSA) is 127 Å². The lowest BCUT2D eigenvalue weighted by molar-refractivity contribution is -0.146. The van der Waals surface area contributed by atoms with Crippen LogP contribution in [0.25, 0.3) is 0 Å². The number of hydrogen-bond donors (Lipinski definition) is 2. The van der Waals surface area contributed by atoms with Crippen molar-refractivity contribution in [2.75, 3.05) is 0 Å². The van der Waals surface area contributed by atoms with Crippen LogP contribution >= 0.6 is 0 Å². The molecule has 0 spiro atoms. The normalized spacial score (nSPS) is 22.7. The molecule has 8 nitrogen and oxygen atoms in total. The molecule has 0 saturated heterocycles. The molecule has 0 heterocycles. The van der Waals surface area contributed by atoms with E-state index in [1.807, 2.05) is 81.4 Å². The van der Waals surface area contributed by atoms with E-state index in [1.165, 1.54) is 0 Å². The molecule has 0 radical (unpaired) electrons. The van der Waals surface area contributed by atoms with Crippen LogP contribution in [0.5, 0.6) is 0 Å². The Morgan fingerprint density at radius 1 is 0.643 bits per heavy atom. The van der Waals surface area contributed by atoms with Gasteiger partial charge in [-0.1, -0.05) is 154 Å². The van der Waals surface area contributed by atoms with Gasteiger partial charge in [-0.05, 0) is 104 Å². The van der Waals surface area contributed by atoms with Crippen LogP contribution in [0.1, 0.15) is 194 Å². The molecule has 396 valence electrons. The highest BCUT2D eigenvalue weighted by Gasteiger charge is 2.44. The Balaban J connectivity index is 0.000000370. The Morgan fingerprint density at radius 3 is 1.67 bits per heavy atom. The summed E-state index contributed by atoms with van der Waals surface area (Å²) < 4.78 is 67.9. The third-order valence-electron chi connectivity index (χ3n) is 15.4. The Kier molecular flexibility index (Phi) is 27.5.